The van der Waals surface area contributed by atoms with Crippen molar-refractivity contribution >= 4 is 41.6 Å². The summed E-state index contributed by atoms with van der Waals surface area (Å²) in [6.45, 7) is 1.43. The van der Waals surface area contributed by atoms with Gasteiger partial charge in [0.1, 0.15) is 29.2 Å². The summed E-state index contributed by atoms with van der Waals surface area (Å²) in [7, 11) is 1.47. The summed E-state index contributed by atoms with van der Waals surface area (Å²) >= 11 is 0. The van der Waals surface area contributed by atoms with E-state index in [0.717, 1.165) is 17.0 Å². The lowest BCUT2D eigenvalue weighted by Crippen LogP contribution is -2.51. The molecule has 1 unspecified atom stereocenters. The van der Waals surface area contributed by atoms with Crippen molar-refractivity contribution in [2.24, 2.45) is 11.5 Å². The van der Waals surface area contributed by atoms with Crippen LogP contribution in [0.2, 0.25) is 0 Å². The number of nitrogens with zero attached hydrogens (tertiary/aromatic N) is 2. The van der Waals surface area contributed by atoms with Crippen LogP contribution in [0.3, 0.4) is 0 Å². The lowest BCUT2D eigenvalue weighted by molar-refractivity contribution is -0.166. The number of rotatable bonds is 8. The molecule has 1 amide bonds. The molecule has 13 heteroatoms. The van der Waals surface area contributed by atoms with Crippen molar-refractivity contribution in [2.45, 2.75) is 37.5 Å². The van der Waals surface area contributed by atoms with Crippen LogP contribution < -0.4 is 21.3 Å². The molecule has 3 rings (SSSR count). The lowest BCUT2D eigenvalue weighted by Gasteiger charge is -2.41. The molecule has 2 atom stereocenters. The number of halogens is 3. The Labute approximate surface area is 201 Å². The van der Waals surface area contributed by atoms with Crippen LogP contribution in [0.4, 0.5) is 25.0 Å². The van der Waals surface area contributed by atoms with Gasteiger partial charge in [-0.2, -0.15) is 0 Å². The van der Waals surface area contributed by atoms with Crippen molar-refractivity contribution in [3.05, 3.63) is 23.8 Å². The van der Waals surface area contributed by atoms with Gasteiger partial charge in [-0.05, 0) is 6.92 Å². The number of ether oxygens (including phenoxy) is 3. The molecule has 1 aromatic rings. The highest BCUT2D eigenvalue weighted by Crippen LogP contribution is 2.35. The molecule has 0 bridgehead atoms. The quantitative estimate of drug-likeness (QED) is 0.496. The highest BCUT2D eigenvalue weighted by molar-refractivity contribution is 5.91. The van der Waals surface area contributed by atoms with Crippen LogP contribution in [0.15, 0.2) is 12.1 Å². The van der Waals surface area contributed by atoms with E-state index in [1.165, 1.54) is 18.9 Å². The molecular weight excluding hydrogens is 478 g/mol. The predicted molar refractivity (Wildman–Crippen MR) is 121 cm³/mol. The summed E-state index contributed by atoms with van der Waals surface area (Å²) < 4.78 is 45.7. The maximum atomic E-state index is 15.0. The maximum absolute atomic E-state index is 15.0. The molecule has 4 N–H and O–H groups in total. The van der Waals surface area contributed by atoms with E-state index < -0.39 is 41.4 Å². The van der Waals surface area contributed by atoms with Crippen molar-refractivity contribution in [1.29, 1.82) is 0 Å². The lowest BCUT2D eigenvalue weighted by atomic mass is 9.91. The number of nitrogens with two attached hydrogens (primary N) is 2. The summed E-state index contributed by atoms with van der Waals surface area (Å²) in [4.78, 5) is 37.9. The number of benzene rings is 1. The van der Waals surface area contributed by atoms with E-state index in [9.17, 15) is 23.2 Å². The molecule has 2 saturated heterocycles. The van der Waals surface area contributed by atoms with Crippen LogP contribution in [0.5, 0.6) is 0 Å². The van der Waals surface area contributed by atoms with Crippen molar-refractivity contribution in [2.75, 3.05) is 49.7 Å². The van der Waals surface area contributed by atoms with Gasteiger partial charge in [0.05, 0.1) is 25.4 Å². The molecule has 2 aliphatic rings. The van der Waals surface area contributed by atoms with Gasteiger partial charge in [-0.15, -0.1) is 12.4 Å². The summed E-state index contributed by atoms with van der Waals surface area (Å²) in [5.74, 6) is -2.68. The zero-order valence-corrected chi connectivity index (χ0v) is 19.7. The third-order valence-corrected chi connectivity index (χ3v) is 5.91. The van der Waals surface area contributed by atoms with Crippen LogP contribution in [0.25, 0.3) is 0 Å². The van der Waals surface area contributed by atoms with E-state index in [1.54, 1.807) is 0 Å². The predicted octanol–water partition coefficient (Wildman–Crippen LogP) is 1.12. The van der Waals surface area contributed by atoms with E-state index >= 15 is 0 Å². The molecule has 2 fully saturated rings. The van der Waals surface area contributed by atoms with Gasteiger partial charge in [-0.1, -0.05) is 0 Å². The fourth-order valence-electron chi connectivity index (χ4n) is 4.11. The number of esters is 1. The number of anilines is 2. The number of amides is 1. The zero-order valence-electron chi connectivity index (χ0n) is 18.9. The number of hydrogen-bond donors (Lipinski definition) is 2. The number of methoxy groups -OCH3 is 1. The minimum absolute atomic E-state index is 0. The largest absolute Gasteiger partial charge is 0.456 e. The first kappa shape index (κ1) is 27.7. The van der Waals surface area contributed by atoms with E-state index in [-0.39, 0.29) is 75.2 Å². The molecule has 0 aliphatic carbocycles. The first-order valence-corrected chi connectivity index (χ1v) is 10.5. The topological polar surface area (TPSA) is 137 Å². The Bertz CT molecular complexity index is 906. The molecule has 0 saturated carbocycles. The minimum Gasteiger partial charge on any atom is -0.456 e. The first-order valence-electron chi connectivity index (χ1n) is 10.5. The average Bonchev–Trinajstić information content (AvgIpc) is 3.15. The van der Waals surface area contributed by atoms with Crippen molar-refractivity contribution in [3.63, 3.8) is 0 Å². The molecule has 0 spiro atoms. The summed E-state index contributed by atoms with van der Waals surface area (Å²) in [5, 5.41) is 0. The standard InChI is InChI=1S/C21H28F2N4O6.ClH/c1-12(28)18(25)16-10-27(20(30)32-16)13-7-14(22)19(15(23)8-13)26-5-3-21(4-6-26,11-31-2)33-17(29)9-24;/h7-8,16,18H,3-6,9-11,24-25H2,1-2H3;1H/t16-,18?;/m0./s1. The number of carbonyl (C=O) groups excluding carboxylic acids is 3. The monoisotopic (exact) mass is 506 g/mol. The molecule has 10 nitrogen and oxygen atoms in total. The Hall–Kier alpha value is -2.54. The van der Waals surface area contributed by atoms with Gasteiger partial charge in [0, 0.05) is 45.2 Å². The fourth-order valence-corrected chi connectivity index (χ4v) is 4.11. The van der Waals surface area contributed by atoms with E-state index in [1.807, 2.05) is 0 Å². The molecule has 1 aromatic carbocycles. The van der Waals surface area contributed by atoms with Gasteiger partial charge in [0.15, 0.2) is 11.6 Å². The maximum Gasteiger partial charge on any atom is 0.414 e. The Morgan fingerprint density at radius 1 is 1.26 bits per heavy atom. The molecule has 0 radical (unpaired) electrons. The van der Waals surface area contributed by atoms with Gasteiger partial charge >= 0.3 is 12.1 Å². The van der Waals surface area contributed by atoms with E-state index in [4.69, 9.17) is 25.7 Å². The number of carbonyl (C=O) groups is 3. The second kappa shape index (κ2) is 11.3. The number of ketones is 1. The smallest absolute Gasteiger partial charge is 0.414 e. The highest BCUT2D eigenvalue weighted by Gasteiger charge is 2.41. The van der Waals surface area contributed by atoms with Crippen molar-refractivity contribution in [3.8, 4) is 0 Å². The Morgan fingerprint density at radius 3 is 2.35 bits per heavy atom. The number of piperidine rings is 1. The van der Waals surface area contributed by atoms with Crippen molar-refractivity contribution in [1.82, 2.24) is 0 Å². The van der Waals surface area contributed by atoms with Gasteiger partial charge in [0.2, 0.25) is 0 Å². The van der Waals surface area contributed by atoms with E-state index in [0.29, 0.717) is 0 Å². The SMILES string of the molecule is COCC1(OC(=O)CN)CCN(c2c(F)cc(N3C[C@@H](C(N)C(C)=O)OC3=O)cc2F)CC1.Cl. The Kier molecular flexibility index (Phi) is 9.17. The number of Topliss-reactive ketones (excluding diaryl/α,β-unsaturated/α-hetero) is 1. The second-order valence-electron chi connectivity index (χ2n) is 8.21. The average molecular weight is 507 g/mol. The highest BCUT2D eigenvalue weighted by atomic mass is 35.5. The molecule has 2 aliphatic heterocycles. The van der Waals surface area contributed by atoms with Crippen molar-refractivity contribution < 1.29 is 37.4 Å². The van der Waals surface area contributed by atoms with Gasteiger partial charge < -0.3 is 30.6 Å². The van der Waals surface area contributed by atoms with Gasteiger partial charge in [0.25, 0.3) is 0 Å². The summed E-state index contributed by atoms with van der Waals surface area (Å²) in [5.41, 5.74) is 9.85. The van der Waals surface area contributed by atoms with Crippen LogP contribution >= 0.6 is 12.4 Å². The Morgan fingerprint density at radius 2 is 1.85 bits per heavy atom. The minimum atomic E-state index is -1.03. The molecule has 0 aromatic heterocycles. The second-order valence-corrected chi connectivity index (χ2v) is 8.21. The number of hydrogen-bond acceptors (Lipinski definition) is 9. The first-order chi connectivity index (χ1) is 15.6. The van der Waals surface area contributed by atoms with Gasteiger partial charge in [-0.3, -0.25) is 14.5 Å². The third-order valence-electron chi connectivity index (χ3n) is 5.91. The molecule has 34 heavy (non-hydrogen) atoms. The summed E-state index contributed by atoms with van der Waals surface area (Å²) in [6.07, 6.45) is -1.17. The Balaban J connectivity index is 0.00000408. The zero-order chi connectivity index (χ0) is 24.3. The molecule has 2 heterocycles. The van der Waals surface area contributed by atoms with Gasteiger partial charge in [-0.25, -0.2) is 13.6 Å². The third kappa shape index (κ3) is 5.74. The van der Waals surface area contributed by atoms with Crippen LogP contribution in [0, 0.1) is 11.6 Å². The van der Waals surface area contributed by atoms with E-state index in [2.05, 4.69) is 0 Å². The van der Waals surface area contributed by atoms with Crippen LogP contribution in [-0.2, 0) is 23.8 Å². The van der Waals surface area contributed by atoms with Crippen LogP contribution in [0.1, 0.15) is 19.8 Å². The summed E-state index contributed by atoms with van der Waals surface area (Å²) in [6, 6.07) is 1.04. The molecular formula is C21H29ClF2N4O6. The normalized spacial score (nSPS) is 20.4. The fraction of sp³-hybridized carbons (Fsp3) is 0.571. The van der Waals surface area contributed by atoms with Crippen LogP contribution in [-0.4, -0.2) is 75.5 Å². The molecule has 190 valence electrons. The number of cyclic esters (lactones) is 1.